The summed E-state index contributed by atoms with van der Waals surface area (Å²) in [5, 5.41) is 8.61. The van der Waals surface area contributed by atoms with Gasteiger partial charge in [0.25, 0.3) is 0 Å². The van der Waals surface area contributed by atoms with Crippen LogP contribution < -0.4 is 0 Å². The maximum Gasteiger partial charge on any atom is 0.307 e. The van der Waals surface area contributed by atoms with Gasteiger partial charge in [0.15, 0.2) is 9.84 Å². The van der Waals surface area contributed by atoms with Crippen LogP contribution in [0.4, 0.5) is 0 Å². The van der Waals surface area contributed by atoms with Crippen molar-refractivity contribution in [2.24, 2.45) is 0 Å². The fourth-order valence-corrected chi connectivity index (χ4v) is 2.58. The van der Waals surface area contributed by atoms with Crippen molar-refractivity contribution < 1.29 is 18.3 Å². The molecule has 0 heterocycles. The van der Waals surface area contributed by atoms with Crippen LogP contribution in [0.15, 0.2) is 41.3 Å². The molecule has 0 aliphatic rings. The molecular weight excluding hydrogens is 252 g/mol. The van der Waals surface area contributed by atoms with Gasteiger partial charge in [-0.1, -0.05) is 31.2 Å². The summed E-state index contributed by atoms with van der Waals surface area (Å²) in [6.45, 7) is 1.93. The SMILES string of the molecule is CC/C=C/CS(=O)(=O)c1ccc(CC(=O)O)cc1. The molecule has 0 saturated heterocycles. The lowest BCUT2D eigenvalue weighted by Crippen LogP contribution is -2.05. The first-order chi connectivity index (χ1) is 8.45. The van der Waals surface area contributed by atoms with Crippen LogP contribution in [0.5, 0.6) is 0 Å². The summed E-state index contributed by atoms with van der Waals surface area (Å²) in [4.78, 5) is 10.7. The molecule has 1 aromatic carbocycles. The number of aliphatic carboxylic acids is 1. The van der Waals surface area contributed by atoms with Gasteiger partial charge in [0.05, 0.1) is 17.1 Å². The molecule has 0 aromatic heterocycles. The molecule has 1 N–H and O–H groups in total. The van der Waals surface area contributed by atoms with Gasteiger partial charge >= 0.3 is 5.97 Å². The van der Waals surface area contributed by atoms with E-state index in [-0.39, 0.29) is 17.1 Å². The summed E-state index contributed by atoms with van der Waals surface area (Å²) >= 11 is 0. The molecule has 0 radical (unpaired) electrons. The minimum absolute atomic E-state index is 0.0287. The average Bonchev–Trinajstić information content (AvgIpc) is 2.29. The van der Waals surface area contributed by atoms with Gasteiger partial charge in [-0.3, -0.25) is 4.79 Å². The van der Waals surface area contributed by atoms with Crippen molar-refractivity contribution in [1.29, 1.82) is 0 Å². The van der Waals surface area contributed by atoms with Gasteiger partial charge < -0.3 is 5.11 Å². The molecule has 0 atom stereocenters. The van der Waals surface area contributed by atoms with Crippen LogP contribution >= 0.6 is 0 Å². The van der Waals surface area contributed by atoms with Crippen molar-refractivity contribution in [3.05, 3.63) is 42.0 Å². The van der Waals surface area contributed by atoms with Crippen LogP contribution in [0.3, 0.4) is 0 Å². The molecule has 4 nitrogen and oxygen atoms in total. The highest BCUT2D eigenvalue weighted by atomic mass is 32.2. The molecule has 0 spiro atoms. The van der Waals surface area contributed by atoms with Crippen LogP contribution in [0, 0.1) is 0 Å². The highest BCUT2D eigenvalue weighted by Crippen LogP contribution is 2.13. The van der Waals surface area contributed by atoms with E-state index in [1.807, 2.05) is 6.92 Å². The van der Waals surface area contributed by atoms with Crippen molar-refractivity contribution in [1.82, 2.24) is 0 Å². The lowest BCUT2D eigenvalue weighted by molar-refractivity contribution is -0.136. The Morgan fingerprint density at radius 2 is 1.83 bits per heavy atom. The third kappa shape index (κ3) is 4.33. The van der Waals surface area contributed by atoms with E-state index in [0.29, 0.717) is 5.56 Å². The van der Waals surface area contributed by atoms with Gasteiger partial charge in [0.2, 0.25) is 0 Å². The van der Waals surface area contributed by atoms with Crippen LogP contribution in [-0.4, -0.2) is 25.2 Å². The largest absolute Gasteiger partial charge is 0.481 e. The number of hydrogen-bond donors (Lipinski definition) is 1. The minimum atomic E-state index is -3.31. The summed E-state index contributed by atoms with van der Waals surface area (Å²) in [5.74, 6) is -0.962. The Morgan fingerprint density at radius 1 is 1.22 bits per heavy atom. The molecule has 1 aromatic rings. The summed E-state index contributed by atoms with van der Waals surface area (Å²) in [7, 11) is -3.31. The van der Waals surface area contributed by atoms with Crippen molar-refractivity contribution in [2.75, 3.05) is 5.75 Å². The van der Waals surface area contributed by atoms with E-state index in [2.05, 4.69) is 0 Å². The molecule has 0 aliphatic heterocycles. The smallest absolute Gasteiger partial charge is 0.307 e. The van der Waals surface area contributed by atoms with E-state index in [9.17, 15) is 13.2 Å². The van der Waals surface area contributed by atoms with Crippen LogP contribution in [-0.2, 0) is 21.1 Å². The lowest BCUT2D eigenvalue weighted by atomic mass is 10.2. The zero-order valence-corrected chi connectivity index (χ0v) is 11.0. The highest BCUT2D eigenvalue weighted by Gasteiger charge is 2.12. The Labute approximate surface area is 107 Å². The second-order valence-electron chi connectivity index (χ2n) is 3.88. The maximum atomic E-state index is 11.9. The first-order valence-corrected chi connectivity index (χ1v) is 7.29. The van der Waals surface area contributed by atoms with Gasteiger partial charge in [-0.25, -0.2) is 8.42 Å². The predicted octanol–water partition coefficient (Wildman–Crippen LogP) is 2.05. The normalized spacial score (nSPS) is 11.8. The Balaban J connectivity index is 2.84. The number of carboxylic acids is 1. The third-order valence-corrected chi connectivity index (χ3v) is 3.98. The first-order valence-electron chi connectivity index (χ1n) is 5.64. The van der Waals surface area contributed by atoms with Gasteiger partial charge in [-0.2, -0.15) is 0 Å². The molecule has 0 bridgehead atoms. The van der Waals surface area contributed by atoms with E-state index in [4.69, 9.17) is 5.11 Å². The van der Waals surface area contributed by atoms with Gasteiger partial charge in [-0.05, 0) is 24.1 Å². The van der Waals surface area contributed by atoms with Crippen molar-refractivity contribution in [2.45, 2.75) is 24.7 Å². The van der Waals surface area contributed by atoms with E-state index in [1.54, 1.807) is 12.2 Å². The first kappa shape index (κ1) is 14.4. The van der Waals surface area contributed by atoms with E-state index >= 15 is 0 Å². The van der Waals surface area contributed by atoms with Crippen LogP contribution in [0.1, 0.15) is 18.9 Å². The highest BCUT2D eigenvalue weighted by molar-refractivity contribution is 7.91. The molecule has 0 amide bonds. The third-order valence-electron chi connectivity index (χ3n) is 2.36. The Bertz CT molecular complexity index is 527. The van der Waals surface area contributed by atoms with Crippen molar-refractivity contribution in [3.8, 4) is 0 Å². The summed E-state index contributed by atoms with van der Waals surface area (Å²) in [6.07, 6.45) is 4.12. The van der Waals surface area contributed by atoms with E-state index in [1.165, 1.54) is 24.3 Å². The van der Waals surface area contributed by atoms with Gasteiger partial charge in [0, 0.05) is 0 Å². The number of carbonyl (C=O) groups is 1. The fourth-order valence-electron chi connectivity index (χ4n) is 1.45. The maximum absolute atomic E-state index is 11.9. The van der Waals surface area contributed by atoms with Crippen LogP contribution in [0.25, 0.3) is 0 Å². The molecule has 0 unspecified atom stereocenters. The zero-order valence-electron chi connectivity index (χ0n) is 10.2. The molecule has 0 aliphatic carbocycles. The Hall–Kier alpha value is -1.62. The van der Waals surface area contributed by atoms with E-state index < -0.39 is 15.8 Å². The lowest BCUT2D eigenvalue weighted by Gasteiger charge is -2.03. The standard InChI is InChI=1S/C13H16O4S/c1-2-3-4-9-18(16,17)12-7-5-11(6-8-12)10-13(14)15/h3-8H,2,9-10H2,1H3,(H,14,15)/b4-3+. The van der Waals surface area contributed by atoms with E-state index in [0.717, 1.165) is 6.42 Å². The number of sulfone groups is 1. The quantitative estimate of drug-likeness (QED) is 0.801. The number of rotatable bonds is 6. The number of hydrogen-bond acceptors (Lipinski definition) is 3. The van der Waals surface area contributed by atoms with Crippen LogP contribution in [0.2, 0.25) is 0 Å². The fraction of sp³-hybridized carbons (Fsp3) is 0.308. The zero-order chi connectivity index (χ0) is 13.6. The molecule has 5 heteroatoms. The number of benzene rings is 1. The molecule has 0 fully saturated rings. The van der Waals surface area contributed by atoms with Gasteiger partial charge in [-0.15, -0.1) is 0 Å². The summed E-state index contributed by atoms with van der Waals surface area (Å²) in [5.41, 5.74) is 0.588. The predicted molar refractivity (Wildman–Crippen MR) is 69.3 cm³/mol. The molecule has 98 valence electrons. The van der Waals surface area contributed by atoms with Gasteiger partial charge in [0.1, 0.15) is 0 Å². The second-order valence-corrected chi connectivity index (χ2v) is 5.91. The van der Waals surface area contributed by atoms with Crippen molar-refractivity contribution >= 4 is 15.8 Å². The molecular formula is C13H16O4S. The Morgan fingerprint density at radius 3 is 2.33 bits per heavy atom. The number of allylic oxidation sites excluding steroid dienone is 1. The van der Waals surface area contributed by atoms with Crippen molar-refractivity contribution in [3.63, 3.8) is 0 Å². The molecule has 1 rings (SSSR count). The monoisotopic (exact) mass is 268 g/mol. The average molecular weight is 268 g/mol. The topological polar surface area (TPSA) is 71.4 Å². The molecule has 18 heavy (non-hydrogen) atoms. The molecule has 0 saturated carbocycles. The Kier molecular flexibility index (Phi) is 5.09. The number of carboxylic acid groups (broad SMARTS) is 1. The summed E-state index contributed by atoms with van der Waals surface area (Å²) in [6, 6.07) is 5.97. The summed E-state index contributed by atoms with van der Waals surface area (Å²) < 4.78 is 23.7. The second kappa shape index (κ2) is 6.35. The minimum Gasteiger partial charge on any atom is -0.481 e.